The van der Waals surface area contributed by atoms with Gasteiger partial charge in [-0.25, -0.2) is 0 Å². The molecule has 0 radical (unpaired) electrons. The minimum Gasteiger partial charge on any atom is -0.756 e. The number of phosphoric ester groups is 1. The number of rotatable bonds is 24. The first kappa shape index (κ1) is 33.1. The summed E-state index contributed by atoms with van der Waals surface area (Å²) in [4.78, 5) is 18.7. The Morgan fingerprint density at radius 2 is 0.933 bits per heavy atom. The van der Waals surface area contributed by atoms with E-state index in [0.29, 0.717) is 39.6 Å². The van der Waals surface area contributed by atoms with Crippen LogP contribution in [0, 0.1) is 0 Å². The van der Waals surface area contributed by atoms with Gasteiger partial charge < -0.3 is 33.3 Å². The largest absolute Gasteiger partial charge is 1.00 e. The number of unbranched alkanes of at least 4 members (excludes halogenated alkanes) is 9. The fraction of sp³-hybridized carbons (Fsp3) is 1.00. The van der Waals surface area contributed by atoms with Crippen LogP contribution in [0.2, 0.25) is 0 Å². The second-order valence-corrected chi connectivity index (χ2v) is 8.13. The van der Waals surface area contributed by atoms with Crippen molar-refractivity contribution in [2.45, 2.75) is 71.1 Å². The second kappa shape index (κ2) is 26.2. The maximum absolute atomic E-state index is 10.3. The zero-order valence-electron chi connectivity index (χ0n) is 19.2. The van der Waals surface area contributed by atoms with E-state index >= 15 is 0 Å². The van der Waals surface area contributed by atoms with E-state index in [1.165, 1.54) is 57.8 Å². The Hall–Kier alpha value is 0.950. The quantitative estimate of drug-likeness (QED) is 0.125. The summed E-state index contributed by atoms with van der Waals surface area (Å²) in [5.74, 6) is 0. The SMILES string of the molecule is CCCCCCCCCCCCOCCOCCOCCOCCOP(=O)([O-])O.[Na+]. The van der Waals surface area contributed by atoms with Crippen molar-refractivity contribution in [2.75, 3.05) is 59.5 Å². The Morgan fingerprint density at radius 1 is 0.600 bits per heavy atom. The third-order valence-corrected chi connectivity index (χ3v) is 4.75. The van der Waals surface area contributed by atoms with Crippen LogP contribution in [0.15, 0.2) is 0 Å². The molecule has 0 saturated carbocycles. The molecule has 8 nitrogen and oxygen atoms in total. The molecule has 0 aromatic rings. The third-order valence-electron chi connectivity index (χ3n) is 4.24. The van der Waals surface area contributed by atoms with E-state index < -0.39 is 7.82 Å². The summed E-state index contributed by atoms with van der Waals surface area (Å²) in [7, 11) is -4.65. The van der Waals surface area contributed by atoms with Gasteiger partial charge in [0, 0.05) is 6.61 Å². The van der Waals surface area contributed by atoms with Crippen LogP contribution in [-0.2, 0) is 28.0 Å². The molecule has 0 amide bonds. The molecule has 0 bridgehead atoms. The number of ether oxygens (including phenoxy) is 4. The standard InChI is InChI=1S/C20H43O8P.Na/c1-2-3-4-5-6-7-8-9-10-11-12-24-13-14-25-15-16-26-17-18-27-19-20-28-29(21,22)23;/h2-20H2,1H3,(H2,21,22,23);/q;+1/p-1. The van der Waals surface area contributed by atoms with E-state index in [0.717, 1.165) is 13.0 Å². The van der Waals surface area contributed by atoms with Crippen LogP contribution in [0.5, 0.6) is 0 Å². The molecule has 0 aromatic carbocycles. The molecule has 10 heteroatoms. The van der Waals surface area contributed by atoms with E-state index in [4.69, 9.17) is 23.8 Å². The van der Waals surface area contributed by atoms with Gasteiger partial charge in [-0.15, -0.1) is 0 Å². The molecule has 0 aliphatic carbocycles. The van der Waals surface area contributed by atoms with Crippen LogP contribution in [0.3, 0.4) is 0 Å². The van der Waals surface area contributed by atoms with Gasteiger partial charge in [0.15, 0.2) is 0 Å². The van der Waals surface area contributed by atoms with Gasteiger partial charge in [0.25, 0.3) is 7.82 Å². The molecule has 30 heavy (non-hydrogen) atoms. The van der Waals surface area contributed by atoms with E-state index in [1.54, 1.807) is 0 Å². The van der Waals surface area contributed by atoms with Crippen molar-refractivity contribution < 1.29 is 67.4 Å². The summed E-state index contributed by atoms with van der Waals surface area (Å²) in [5.41, 5.74) is 0. The van der Waals surface area contributed by atoms with Crippen molar-refractivity contribution in [3.8, 4) is 0 Å². The zero-order valence-corrected chi connectivity index (χ0v) is 22.1. The van der Waals surface area contributed by atoms with Crippen molar-refractivity contribution in [2.24, 2.45) is 0 Å². The van der Waals surface area contributed by atoms with Gasteiger partial charge in [-0.1, -0.05) is 64.7 Å². The van der Waals surface area contributed by atoms with E-state index in [1.807, 2.05) is 0 Å². The molecule has 0 rings (SSSR count). The normalized spacial score (nSPS) is 13.2. The monoisotopic (exact) mass is 464 g/mol. The molecule has 0 aliphatic heterocycles. The molecule has 0 spiro atoms. The topological polar surface area (TPSA) is 107 Å². The van der Waals surface area contributed by atoms with Crippen molar-refractivity contribution >= 4 is 7.82 Å². The van der Waals surface area contributed by atoms with Crippen LogP contribution >= 0.6 is 7.82 Å². The van der Waals surface area contributed by atoms with Gasteiger partial charge in [0.1, 0.15) is 0 Å². The van der Waals surface area contributed by atoms with Crippen LogP contribution < -0.4 is 34.5 Å². The summed E-state index contributed by atoms with van der Waals surface area (Å²) in [5, 5.41) is 0. The van der Waals surface area contributed by atoms with Crippen LogP contribution in [-0.4, -0.2) is 64.4 Å². The molecule has 0 heterocycles. The molecule has 176 valence electrons. The minimum atomic E-state index is -4.65. The molecule has 1 N–H and O–H groups in total. The Balaban J connectivity index is 0. The van der Waals surface area contributed by atoms with E-state index in [9.17, 15) is 9.46 Å². The minimum absolute atomic E-state index is 0. The molecule has 0 aromatic heterocycles. The van der Waals surface area contributed by atoms with E-state index in [-0.39, 0.29) is 42.8 Å². The Morgan fingerprint density at radius 3 is 1.33 bits per heavy atom. The summed E-state index contributed by atoms with van der Waals surface area (Å²) >= 11 is 0. The fourth-order valence-electron chi connectivity index (χ4n) is 2.66. The summed E-state index contributed by atoms with van der Waals surface area (Å²) in [6.45, 7) is 5.74. The molecule has 0 fully saturated rings. The van der Waals surface area contributed by atoms with Crippen LogP contribution in [0.1, 0.15) is 71.1 Å². The van der Waals surface area contributed by atoms with Crippen LogP contribution in [0.4, 0.5) is 0 Å². The molecule has 0 saturated heterocycles. The smallest absolute Gasteiger partial charge is 0.756 e. The van der Waals surface area contributed by atoms with Gasteiger partial charge in [-0.3, -0.25) is 4.57 Å². The summed E-state index contributed by atoms with van der Waals surface area (Å²) < 4.78 is 35.8. The maximum atomic E-state index is 10.3. The Kier molecular flexibility index (Phi) is 28.9. The Bertz CT molecular complexity index is 371. The van der Waals surface area contributed by atoms with Gasteiger partial charge in [-0.05, 0) is 6.42 Å². The number of hydrogen-bond donors (Lipinski definition) is 1. The average molecular weight is 465 g/mol. The summed E-state index contributed by atoms with van der Waals surface area (Å²) in [6.07, 6.45) is 13.3. The maximum Gasteiger partial charge on any atom is 1.00 e. The van der Waals surface area contributed by atoms with Crippen LogP contribution in [0.25, 0.3) is 0 Å². The van der Waals surface area contributed by atoms with Crippen molar-refractivity contribution in [1.82, 2.24) is 0 Å². The van der Waals surface area contributed by atoms with Gasteiger partial charge >= 0.3 is 29.6 Å². The second-order valence-electron chi connectivity index (χ2n) is 6.93. The summed E-state index contributed by atoms with van der Waals surface area (Å²) in [6, 6.07) is 0. The average Bonchev–Trinajstić information content (AvgIpc) is 2.67. The predicted octanol–water partition coefficient (Wildman–Crippen LogP) is 0.455. The first-order chi connectivity index (χ1) is 14.1. The van der Waals surface area contributed by atoms with E-state index in [2.05, 4.69) is 11.4 Å². The Labute approximate surface area is 205 Å². The first-order valence-electron chi connectivity index (χ1n) is 11.1. The zero-order chi connectivity index (χ0) is 21.5. The van der Waals surface area contributed by atoms with Crippen molar-refractivity contribution in [3.63, 3.8) is 0 Å². The first-order valence-corrected chi connectivity index (χ1v) is 12.5. The van der Waals surface area contributed by atoms with Gasteiger partial charge in [0.2, 0.25) is 0 Å². The van der Waals surface area contributed by atoms with Crippen molar-refractivity contribution in [3.05, 3.63) is 0 Å². The number of hydrogen-bond acceptors (Lipinski definition) is 7. The fourth-order valence-corrected chi connectivity index (χ4v) is 2.97. The predicted molar refractivity (Wildman–Crippen MR) is 111 cm³/mol. The van der Waals surface area contributed by atoms with Gasteiger partial charge in [0.05, 0.1) is 52.9 Å². The third kappa shape index (κ3) is 31.1. The molecule has 1 unspecified atom stereocenters. The molecular formula is C20H42NaO8P. The molecule has 0 aliphatic rings. The van der Waals surface area contributed by atoms with Gasteiger partial charge in [-0.2, -0.15) is 0 Å². The van der Waals surface area contributed by atoms with Crippen molar-refractivity contribution in [1.29, 1.82) is 0 Å². The number of phosphoric acid groups is 1. The molecular weight excluding hydrogens is 422 g/mol. The molecule has 1 atom stereocenters.